The third-order valence-corrected chi connectivity index (χ3v) is 3.85. The minimum absolute atomic E-state index is 0.0662. The Hall–Kier alpha value is -2.26. The molecular formula is C13H10FN3OS. The van der Waals surface area contributed by atoms with Crippen LogP contribution in [-0.4, -0.2) is 9.19 Å². The molecule has 0 spiro atoms. The van der Waals surface area contributed by atoms with Gasteiger partial charge in [0.15, 0.2) is 0 Å². The van der Waals surface area contributed by atoms with E-state index in [1.807, 2.05) is 0 Å². The van der Waals surface area contributed by atoms with Crippen LogP contribution in [0.2, 0.25) is 0 Å². The zero-order valence-electron chi connectivity index (χ0n) is 9.84. The third-order valence-electron chi connectivity index (χ3n) is 2.50. The number of halogens is 1. The number of aromatic nitrogens is 1. The van der Waals surface area contributed by atoms with Crippen molar-refractivity contribution in [2.75, 3.05) is 5.73 Å². The van der Waals surface area contributed by atoms with E-state index in [9.17, 15) is 8.60 Å². The second kappa shape index (κ2) is 5.59. The van der Waals surface area contributed by atoms with E-state index in [4.69, 9.17) is 11.0 Å². The van der Waals surface area contributed by atoms with Gasteiger partial charge in [-0.1, -0.05) is 12.1 Å². The average Bonchev–Trinajstić information content (AvgIpc) is 2.41. The Bertz CT molecular complexity index is 682. The Morgan fingerprint density at radius 3 is 2.84 bits per heavy atom. The lowest BCUT2D eigenvalue weighted by Crippen LogP contribution is -2.05. The van der Waals surface area contributed by atoms with Gasteiger partial charge in [0, 0.05) is 11.8 Å². The van der Waals surface area contributed by atoms with Crippen LogP contribution < -0.4 is 5.73 Å². The summed E-state index contributed by atoms with van der Waals surface area (Å²) in [5.74, 6) is -0.712. The van der Waals surface area contributed by atoms with Crippen molar-refractivity contribution in [1.29, 1.82) is 5.26 Å². The molecule has 1 unspecified atom stereocenters. The number of rotatable bonds is 3. The van der Waals surface area contributed by atoms with Crippen LogP contribution in [0, 0.1) is 17.1 Å². The van der Waals surface area contributed by atoms with E-state index in [0.29, 0.717) is 5.69 Å². The first kappa shape index (κ1) is 13.2. The maximum atomic E-state index is 13.8. The van der Waals surface area contributed by atoms with Gasteiger partial charge < -0.3 is 5.73 Å². The summed E-state index contributed by atoms with van der Waals surface area (Å²) in [7, 11) is -1.55. The first-order valence-electron chi connectivity index (χ1n) is 5.40. The highest BCUT2D eigenvalue weighted by molar-refractivity contribution is 7.84. The van der Waals surface area contributed by atoms with E-state index in [0.717, 1.165) is 0 Å². The summed E-state index contributed by atoms with van der Waals surface area (Å²) >= 11 is 0. The summed E-state index contributed by atoms with van der Waals surface area (Å²) in [5, 5.41) is 8.97. The molecule has 0 saturated carbocycles. The van der Waals surface area contributed by atoms with Gasteiger partial charge in [-0.3, -0.25) is 4.21 Å². The Morgan fingerprint density at radius 1 is 1.37 bits per heavy atom. The zero-order chi connectivity index (χ0) is 13.8. The topological polar surface area (TPSA) is 79.8 Å². The first-order valence-corrected chi connectivity index (χ1v) is 6.71. The highest BCUT2D eigenvalue weighted by Gasteiger charge is 2.14. The lowest BCUT2D eigenvalue weighted by atomic mass is 10.1. The van der Waals surface area contributed by atoms with Gasteiger partial charge >= 0.3 is 0 Å². The second-order valence-corrected chi connectivity index (χ2v) is 5.14. The Labute approximate surface area is 112 Å². The van der Waals surface area contributed by atoms with Crippen molar-refractivity contribution in [3.8, 4) is 6.07 Å². The molecule has 2 N–H and O–H groups in total. The van der Waals surface area contributed by atoms with Gasteiger partial charge in [-0.15, -0.1) is 0 Å². The fraction of sp³-hybridized carbons (Fsp3) is 0.0769. The highest BCUT2D eigenvalue weighted by Crippen LogP contribution is 2.19. The Kier molecular flexibility index (Phi) is 3.88. The van der Waals surface area contributed by atoms with Crippen molar-refractivity contribution in [3.63, 3.8) is 0 Å². The second-order valence-electron chi connectivity index (χ2n) is 3.78. The largest absolute Gasteiger partial charge is 0.396 e. The zero-order valence-corrected chi connectivity index (χ0v) is 10.7. The predicted molar refractivity (Wildman–Crippen MR) is 69.9 cm³/mol. The molecule has 96 valence electrons. The van der Waals surface area contributed by atoms with Gasteiger partial charge in [0.25, 0.3) is 0 Å². The van der Waals surface area contributed by atoms with Gasteiger partial charge in [-0.05, 0) is 18.2 Å². The number of hydrogen-bond acceptors (Lipinski definition) is 4. The number of nitriles is 1. The molecule has 0 aliphatic rings. The van der Waals surface area contributed by atoms with Crippen LogP contribution in [0.5, 0.6) is 0 Å². The van der Waals surface area contributed by atoms with Gasteiger partial charge in [0.05, 0.1) is 27.8 Å². The van der Waals surface area contributed by atoms with Crippen molar-refractivity contribution in [2.24, 2.45) is 0 Å². The number of nitrogens with two attached hydrogens (primary N) is 1. The standard InChI is InChI=1S/C13H10FN3OS/c14-12-9(7-15)3-1-4-10(12)8-19(18)13-11(16)5-2-6-17-13/h1-6H,8,16H2. The number of pyridine rings is 1. The van der Waals surface area contributed by atoms with E-state index in [2.05, 4.69) is 4.98 Å². The fourth-order valence-electron chi connectivity index (χ4n) is 1.58. The van der Waals surface area contributed by atoms with Crippen molar-refractivity contribution in [1.82, 2.24) is 4.98 Å². The van der Waals surface area contributed by atoms with Gasteiger partial charge in [-0.2, -0.15) is 5.26 Å². The predicted octanol–water partition coefficient (Wildman–Crippen LogP) is 1.98. The Morgan fingerprint density at radius 2 is 2.16 bits per heavy atom. The van der Waals surface area contributed by atoms with E-state index in [1.54, 1.807) is 24.3 Å². The maximum Gasteiger partial charge on any atom is 0.150 e. The highest BCUT2D eigenvalue weighted by atomic mass is 32.2. The van der Waals surface area contributed by atoms with Gasteiger partial charge in [-0.25, -0.2) is 9.37 Å². The van der Waals surface area contributed by atoms with Crippen molar-refractivity contribution in [3.05, 3.63) is 53.5 Å². The van der Waals surface area contributed by atoms with Crippen molar-refractivity contribution < 1.29 is 8.60 Å². The van der Waals surface area contributed by atoms with Crippen LogP contribution >= 0.6 is 0 Å². The summed E-state index contributed by atoms with van der Waals surface area (Å²) in [6.07, 6.45) is 1.48. The molecule has 4 nitrogen and oxygen atoms in total. The number of hydrogen-bond donors (Lipinski definition) is 1. The van der Waals surface area contributed by atoms with E-state index >= 15 is 0 Å². The lowest BCUT2D eigenvalue weighted by molar-refractivity contribution is 0.611. The number of nitrogens with zero attached hydrogens (tertiary/aromatic N) is 2. The molecule has 1 heterocycles. The molecule has 0 bridgehead atoms. The fourth-order valence-corrected chi connectivity index (χ4v) is 2.73. The molecule has 19 heavy (non-hydrogen) atoms. The summed E-state index contributed by atoms with van der Waals surface area (Å²) in [6, 6.07) is 9.38. The molecule has 6 heteroatoms. The summed E-state index contributed by atoms with van der Waals surface area (Å²) < 4.78 is 25.9. The molecule has 0 aliphatic carbocycles. The molecule has 0 amide bonds. The SMILES string of the molecule is N#Cc1cccc(CS(=O)c2ncccc2N)c1F. The molecule has 1 atom stereocenters. The van der Waals surface area contributed by atoms with Gasteiger partial charge in [0.1, 0.15) is 16.9 Å². The maximum absolute atomic E-state index is 13.8. The summed E-state index contributed by atoms with van der Waals surface area (Å²) in [5.41, 5.74) is 6.12. The summed E-state index contributed by atoms with van der Waals surface area (Å²) in [4.78, 5) is 3.93. The molecule has 2 rings (SSSR count). The minimum Gasteiger partial charge on any atom is -0.396 e. The third kappa shape index (κ3) is 2.77. The van der Waals surface area contributed by atoms with Crippen LogP contribution in [0.3, 0.4) is 0 Å². The molecule has 0 saturated heterocycles. The quantitative estimate of drug-likeness (QED) is 0.928. The van der Waals surface area contributed by atoms with Crippen molar-refractivity contribution >= 4 is 16.5 Å². The van der Waals surface area contributed by atoms with E-state index < -0.39 is 16.6 Å². The van der Waals surface area contributed by atoms with E-state index in [-0.39, 0.29) is 21.9 Å². The minimum atomic E-state index is -1.55. The van der Waals surface area contributed by atoms with Crippen LogP contribution in [0.1, 0.15) is 11.1 Å². The molecular weight excluding hydrogens is 265 g/mol. The van der Waals surface area contributed by atoms with Crippen LogP contribution in [-0.2, 0) is 16.6 Å². The molecule has 1 aromatic carbocycles. The number of nitrogen functional groups attached to an aromatic ring is 1. The molecule has 0 radical (unpaired) electrons. The Balaban J connectivity index is 2.31. The number of anilines is 1. The lowest BCUT2D eigenvalue weighted by Gasteiger charge is -2.06. The van der Waals surface area contributed by atoms with E-state index in [1.165, 1.54) is 18.3 Å². The average molecular weight is 275 g/mol. The van der Waals surface area contributed by atoms with Gasteiger partial charge in [0.2, 0.25) is 0 Å². The van der Waals surface area contributed by atoms with Crippen molar-refractivity contribution in [2.45, 2.75) is 10.8 Å². The smallest absolute Gasteiger partial charge is 0.150 e. The van der Waals surface area contributed by atoms with Crippen LogP contribution in [0.25, 0.3) is 0 Å². The molecule has 2 aromatic rings. The van der Waals surface area contributed by atoms with Crippen LogP contribution in [0.15, 0.2) is 41.6 Å². The number of benzene rings is 1. The first-order chi connectivity index (χ1) is 9.13. The summed E-state index contributed by atoms with van der Waals surface area (Å²) in [6.45, 7) is 0. The van der Waals surface area contributed by atoms with Crippen LogP contribution in [0.4, 0.5) is 10.1 Å². The molecule has 0 fully saturated rings. The molecule has 1 aromatic heterocycles. The monoisotopic (exact) mass is 275 g/mol. The molecule has 0 aliphatic heterocycles. The normalized spacial score (nSPS) is 11.8.